The number of hydrogen-bond acceptors (Lipinski definition) is 5. The van der Waals surface area contributed by atoms with Crippen molar-refractivity contribution in [3.05, 3.63) is 71.4 Å². The van der Waals surface area contributed by atoms with Gasteiger partial charge < -0.3 is 14.0 Å². The summed E-state index contributed by atoms with van der Waals surface area (Å²) in [6.45, 7) is -0.142. The minimum absolute atomic E-state index is 0.0710. The molecule has 25 heavy (non-hydrogen) atoms. The van der Waals surface area contributed by atoms with Crippen LogP contribution in [0, 0.1) is 11.6 Å². The first-order chi connectivity index (χ1) is 12.1. The maximum atomic E-state index is 13.7. The van der Waals surface area contributed by atoms with Gasteiger partial charge in [0, 0.05) is 12.1 Å². The van der Waals surface area contributed by atoms with E-state index in [0.29, 0.717) is 17.0 Å². The average Bonchev–Trinajstić information content (AvgIpc) is 3.08. The van der Waals surface area contributed by atoms with Gasteiger partial charge >= 0.3 is 5.97 Å². The summed E-state index contributed by atoms with van der Waals surface area (Å²) in [5, 5.41) is 3.72. The fourth-order valence-electron chi connectivity index (χ4n) is 2.15. The predicted molar refractivity (Wildman–Crippen MR) is 84.0 cm³/mol. The third kappa shape index (κ3) is 3.82. The summed E-state index contributed by atoms with van der Waals surface area (Å²) < 4.78 is 41.8. The highest BCUT2D eigenvalue weighted by Gasteiger charge is 2.14. The number of ether oxygens (including phenoxy) is 2. The number of carbonyl (C=O) groups is 1. The molecule has 0 saturated carbocycles. The molecule has 0 unspecified atom stereocenters. The molecule has 0 fully saturated rings. The highest BCUT2D eigenvalue weighted by molar-refractivity contribution is 5.89. The van der Waals surface area contributed by atoms with Crippen LogP contribution in [0.3, 0.4) is 0 Å². The zero-order valence-corrected chi connectivity index (χ0v) is 13.2. The summed E-state index contributed by atoms with van der Waals surface area (Å²) in [6.07, 6.45) is 0. The van der Waals surface area contributed by atoms with Crippen LogP contribution in [0.5, 0.6) is 5.75 Å². The SMILES string of the molecule is COc1ccc(C(=O)OCc2cc(-c3ccc(F)cc3F)on2)cc1. The van der Waals surface area contributed by atoms with Crippen LogP contribution in [0.25, 0.3) is 11.3 Å². The van der Waals surface area contributed by atoms with Gasteiger partial charge in [-0.05, 0) is 36.4 Å². The minimum atomic E-state index is -0.766. The number of benzene rings is 2. The van der Waals surface area contributed by atoms with E-state index in [1.165, 1.54) is 19.2 Å². The number of rotatable bonds is 5. The van der Waals surface area contributed by atoms with Gasteiger partial charge in [0.1, 0.15) is 29.7 Å². The number of nitrogens with zero attached hydrogens (tertiary/aromatic N) is 1. The van der Waals surface area contributed by atoms with Crippen LogP contribution in [-0.4, -0.2) is 18.2 Å². The van der Waals surface area contributed by atoms with Crippen molar-refractivity contribution in [2.24, 2.45) is 0 Å². The second-order valence-corrected chi connectivity index (χ2v) is 5.11. The Labute approximate surface area is 141 Å². The Kier molecular flexibility index (Phi) is 4.74. The van der Waals surface area contributed by atoms with E-state index in [1.807, 2.05) is 0 Å². The third-order valence-corrected chi connectivity index (χ3v) is 3.43. The van der Waals surface area contributed by atoms with Crippen molar-refractivity contribution in [2.45, 2.75) is 6.61 Å². The normalized spacial score (nSPS) is 10.5. The van der Waals surface area contributed by atoms with Crippen molar-refractivity contribution in [3.63, 3.8) is 0 Å². The number of hydrogen-bond donors (Lipinski definition) is 0. The third-order valence-electron chi connectivity index (χ3n) is 3.43. The molecule has 0 N–H and O–H groups in total. The highest BCUT2D eigenvalue weighted by atomic mass is 19.1. The lowest BCUT2D eigenvalue weighted by Gasteiger charge is -2.03. The lowest BCUT2D eigenvalue weighted by atomic mass is 10.1. The summed E-state index contributed by atoms with van der Waals surface area (Å²) in [5.41, 5.74) is 0.733. The summed E-state index contributed by atoms with van der Waals surface area (Å²) in [4.78, 5) is 12.0. The van der Waals surface area contributed by atoms with Crippen LogP contribution in [0.15, 0.2) is 53.1 Å². The summed E-state index contributed by atoms with van der Waals surface area (Å²) in [6, 6.07) is 11.0. The van der Waals surface area contributed by atoms with Crippen molar-refractivity contribution in [3.8, 4) is 17.1 Å². The molecule has 7 heteroatoms. The van der Waals surface area contributed by atoms with Crippen LogP contribution in [0.2, 0.25) is 0 Å². The number of methoxy groups -OCH3 is 1. The van der Waals surface area contributed by atoms with Gasteiger partial charge in [0.15, 0.2) is 5.76 Å². The second kappa shape index (κ2) is 7.12. The zero-order valence-electron chi connectivity index (χ0n) is 13.2. The minimum Gasteiger partial charge on any atom is -0.497 e. The smallest absolute Gasteiger partial charge is 0.338 e. The Morgan fingerprint density at radius 2 is 1.88 bits per heavy atom. The van der Waals surface area contributed by atoms with E-state index in [9.17, 15) is 13.6 Å². The molecule has 2 aromatic carbocycles. The van der Waals surface area contributed by atoms with Crippen LogP contribution < -0.4 is 4.74 Å². The van der Waals surface area contributed by atoms with Crippen molar-refractivity contribution in [2.75, 3.05) is 7.11 Å². The van der Waals surface area contributed by atoms with Crippen molar-refractivity contribution in [1.82, 2.24) is 5.16 Å². The fourth-order valence-corrected chi connectivity index (χ4v) is 2.15. The number of halogens is 2. The monoisotopic (exact) mass is 345 g/mol. The van der Waals surface area contributed by atoms with Gasteiger partial charge in [-0.25, -0.2) is 13.6 Å². The van der Waals surface area contributed by atoms with Gasteiger partial charge in [0.25, 0.3) is 0 Å². The Hall–Kier alpha value is -3.22. The Morgan fingerprint density at radius 3 is 2.56 bits per heavy atom. The topological polar surface area (TPSA) is 61.6 Å². The van der Waals surface area contributed by atoms with Gasteiger partial charge in [-0.1, -0.05) is 5.16 Å². The van der Waals surface area contributed by atoms with E-state index < -0.39 is 17.6 Å². The summed E-state index contributed by atoms with van der Waals surface area (Å²) in [7, 11) is 1.53. The molecule has 0 amide bonds. The molecule has 0 radical (unpaired) electrons. The molecule has 5 nitrogen and oxygen atoms in total. The van der Waals surface area contributed by atoms with E-state index in [-0.39, 0.29) is 17.9 Å². The van der Waals surface area contributed by atoms with Crippen LogP contribution >= 0.6 is 0 Å². The Balaban J connectivity index is 1.66. The molecule has 1 aromatic heterocycles. The quantitative estimate of drug-likeness (QED) is 0.655. The Morgan fingerprint density at radius 1 is 1.12 bits per heavy atom. The van der Waals surface area contributed by atoms with Crippen LogP contribution in [-0.2, 0) is 11.3 Å². The molecular weight excluding hydrogens is 332 g/mol. The average molecular weight is 345 g/mol. The molecule has 3 rings (SSSR count). The maximum absolute atomic E-state index is 13.7. The van der Waals surface area contributed by atoms with Crippen LogP contribution in [0.1, 0.15) is 16.1 Å². The van der Waals surface area contributed by atoms with E-state index in [1.54, 1.807) is 24.3 Å². The standard InChI is InChI=1S/C18H13F2NO4/c1-23-14-5-2-11(3-6-14)18(22)24-10-13-9-17(25-21-13)15-7-4-12(19)8-16(15)20/h2-9H,10H2,1H3. The molecule has 0 saturated heterocycles. The molecule has 3 aromatic rings. The maximum Gasteiger partial charge on any atom is 0.338 e. The number of esters is 1. The fraction of sp³-hybridized carbons (Fsp3) is 0.111. The highest BCUT2D eigenvalue weighted by Crippen LogP contribution is 2.24. The molecule has 128 valence electrons. The molecule has 1 heterocycles. The first kappa shape index (κ1) is 16.6. The van der Waals surface area contributed by atoms with Crippen molar-refractivity contribution < 1.29 is 27.6 Å². The van der Waals surface area contributed by atoms with E-state index in [4.69, 9.17) is 14.0 Å². The second-order valence-electron chi connectivity index (χ2n) is 5.11. The molecule has 0 aliphatic rings. The van der Waals surface area contributed by atoms with E-state index in [2.05, 4.69) is 5.16 Å². The first-order valence-corrected chi connectivity index (χ1v) is 7.29. The van der Waals surface area contributed by atoms with Crippen molar-refractivity contribution in [1.29, 1.82) is 0 Å². The van der Waals surface area contributed by atoms with Gasteiger partial charge in [-0.2, -0.15) is 0 Å². The lowest BCUT2D eigenvalue weighted by Crippen LogP contribution is -2.05. The summed E-state index contributed by atoms with van der Waals surface area (Å²) >= 11 is 0. The molecule has 0 aliphatic carbocycles. The lowest BCUT2D eigenvalue weighted by molar-refractivity contribution is 0.0464. The Bertz CT molecular complexity index is 890. The first-order valence-electron chi connectivity index (χ1n) is 7.29. The van der Waals surface area contributed by atoms with Gasteiger partial charge in [-0.15, -0.1) is 0 Å². The molecule has 0 atom stereocenters. The summed E-state index contributed by atoms with van der Waals surface area (Å²) in [5.74, 6) is -1.25. The molecule has 0 aliphatic heterocycles. The van der Waals surface area contributed by atoms with Gasteiger partial charge in [0.05, 0.1) is 18.2 Å². The predicted octanol–water partition coefficient (Wildman–Crippen LogP) is 3.99. The van der Waals surface area contributed by atoms with Gasteiger partial charge in [0.2, 0.25) is 0 Å². The van der Waals surface area contributed by atoms with E-state index in [0.717, 1.165) is 12.1 Å². The molecule has 0 spiro atoms. The zero-order chi connectivity index (χ0) is 17.8. The molecule has 0 bridgehead atoms. The van der Waals surface area contributed by atoms with Crippen molar-refractivity contribution >= 4 is 5.97 Å². The largest absolute Gasteiger partial charge is 0.497 e. The number of aromatic nitrogens is 1. The molecular formula is C18H13F2NO4. The van der Waals surface area contributed by atoms with Gasteiger partial charge in [-0.3, -0.25) is 0 Å². The van der Waals surface area contributed by atoms with E-state index >= 15 is 0 Å². The van der Waals surface area contributed by atoms with Crippen LogP contribution in [0.4, 0.5) is 8.78 Å². The number of carbonyl (C=O) groups excluding carboxylic acids is 1.